The van der Waals surface area contributed by atoms with E-state index in [-0.39, 0.29) is 12.1 Å². The molecular formula is C13H29NO. The molecular weight excluding hydrogens is 186 g/mol. The molecule has 0 atom stereocenters. The first-order valence-corrected chi connectivity index (χ1v) is 6.31. The molecule has 0 aliphatic heterocycles. The molecule has 2 heteroatoms. The van der Waals surface area contributed by atoms with Crippen molar-refractivity contribution in [2.24, 2.45) is 11.8 Å². The highest BCUT2D eigenvalue weighted by Gasteiger charge is 2.30. The highest BCUT2D eigenvalue weighted by atomic mass is 16.3. The minimum atomic E-state index is -0.0572. The van der Waals surface area contributed by atoms with Gasteiger partial charge in [-0.1, -0.05) is 34.6 Å². The lowest BCUT2D eigenvalue weighted by Crippen LogP contribution is -2.50. The molecule has 0 aliphatic rings. The molecule has 0 heterocycles. The summed E-state index contributed by atoms with van der Waals surface area (Å²) in [7, 11) is 0. The molecule has 0 rings (SSSR count). The van der Waals surface area contributed by atoms with E-state index >= 15 is 0 Å². The Kier molecular flexibility index (Phi) is 7.20. The molecule has 92 valence electrons. The van der Waals surface area contributed by atoms with Crippen LogP contribution in [-0.2, 0) is 0 Å². The number of rotatable bonds is 8. The lowest BCUT2D eigenvalue weighted by molar-refractivity contribution is 0.117. The quantitative estimate of drug-likeness (QED) is 0.652. The lowest BCUT2D eigenvalue weighted by atomic mass is 9.82. The monoisotopic (exact) mass is 215 g/mol. The van der Waals surface area contributed by atoms with Crippen LogP contribution in [0.2, 0.25) is 0 Å². The predicted octanol–water partition coefficient (Wildman–Crippen LogP) is 2.81. The van der Waals surface area contributed by atoms with Crippen LogP contribution in [-0.4, -0.2) is 23.8 Å². The predicted molar refractivity (Wildman–Crippen MR) is 67.0 cm³/mol. The summed E-state index contributed by atoms with van der Waals surface area (Å²) >= 11 is 0. The third kappa shape index (κ3) is 6.16. The first-order valence-electron chi connectivity index (χ1n) is 6.31. The topological polar surface area (TPSA) is 32.3 Å². The lowest BCUT2D eigenvalue weighted by Gasteiger charge is -2.36. The minimum absolute atomic E-state index is 0.0572. The van der Waals surface area contributed by atoms with Crippen LogP contribution in [0.25, 0.3) is 0 Å². The van der Waals surface area contributed by atoms with E-state index in [0.717, 1.165) is 25.8 Å². The zero-order valence-corrected chi connectivity index (χ0v) is 11.1. The summed E-state index contributed by atoms with van der Waals surface area (Å²) in [6, 6.07) is 0. The third-order valence-corrected chi connectivity index (χ3v) is 2.65. The highest BCUT2D eigenvalue weighted by Crippen LogP contribution is 2.24. The number of hydrogen-bond acceptors (Lipinski definition) is 2. The van der Waals surface area contributed by atoms with Crippen molar-refractivity contribution in [1.82, 2.24) is 5.32 Å². The summed E-state index contributed by atoms with van der Waals surface area (Å²) in [6.07, 6.45) is 3.24. The van der Waals surface area contributed by atoms with Gasteiger partial charge in [-0.3, -0.25) is 0 Å². The molecule has 0 aromatic rings. The largest absolute Gasteiger partial charge is 0.394 e. The zero-order chi connectivity index (χ0) is 11.9. The number of aliphatic hydroxyl groups is 1. The van der Waals surface area contributed by atoms with Gasteiger partial charge in [-0.15, -0.1) is 0 Å². The third-order valence-electron chi connectivity index (χ3n) is 2.65. The van der Waals surface area contributed by atoms with Crippen molar-refractivity contribution in [3.8, 4) is 0 Å². The first-order chi connectivity index (χ1) is 6.95. The molecule has 0 unspecified atom stereocenters. The Morgan fingerprint density at radius 3 is 1.80 bits per heavy atom. The van der Waals surface area contributed by atoms with Gasteiger partial charge in [0, 0.05) is 5.54 Å². The fraction of sp³-hybridized carbons (Fsp3) is 1.00. The van der Waals surface area contributed by atoms with Gasteiger partial charge in [0.1, 0.15) is 0 Å². The van der Waals surface area contributed by atoms with Crippen LogP contribution >= 0.6 is 0 Å². The molecule has 0 fully saturated rings. The molecule has 15 heavy (non-hydrogen) atoms. The van der Waals surface area contributed by atoms with Crippen molar-refractivity contribution in [2.45, 2.75) is 59.4 Å². The van der Waals surface area contributed by atoms with Gasteiger partial charge in [-0.05, 0) is 37.6 Å². The maximum Gasteiger partial charge on any atom is 0.0613 e. The van der Waals surface area contributed by atoms with Crippen LogP contribution in [0.15, 0.2) is 0 Å². The average Bonchev–Trinajstić information content (AvgIpc) is 2.12. The second kappa shape index (κ2) is 7.24. The Hall–Kier alpha value is -0.0800. The second-order valence-corrected chi connectivity index (χ2v) is 5.56. The van der Waals surface area contributed by atoms with Crippen LogP contribution in [0, 0.1) is 11.8 Å². The van der Waals surface area contributed by atoms with Crippen molar-refractivity contribution in [1.29, 1.82) is 0 Å². The van der Waals surface area contributed by atoms with Crippen molar-refractivity contribution < 1.29 is 5.11 Å². The van der Waals surface area contributed by atoms with Crippen LogP contribution in [0.4, 0.5) is 0 Å². The Bertz CT molecular complexity index is 145. The maximum atomic E-state index is 9.64. The minimum Gasteiger partial charge on any atom is -0.394 e. The molecule has 0 saturated heterocycles. The van der Waals surface area contributed by atoms with Gasteiger partial charge < -0.3 is 10.4 Å². The van der Waals surface area contributed by atoms with E-state index in [4.69, 9.17) is 0 Å². The smallest absolute Gasteiger partial charge is 0.0613 e. The molecule has 0 aromatic heterocycles. The molecule has 0 aliphatic carbocycles. The number of aliphatic hydroxyl groups excluding tert-OH is 1. The summed E-state index contributed by atoms with van der Waals surface area (Å²) < 4.78 is 0. The van der Waals surface area contributed by atoms with E-state index in [2.05, 4.69) is 39.9 Å². The maximum absolute atomic E-state index is 9.64. The fourth-order valence-corrected chi connectivity index (χ4v) is 2.37. The second-order valence-electron chi connectivity index (χ2n) is 5.56. The molecule has 0 amide bonds. The summed E-state index contributed by atoms with van der Waals surface area (Å²) in [4.78, 5) is 0. The van der Waals surface area contributed by atoms with Gasteiger partial charge in [-0.25, -0.2) is 0 Å². The summed E-state index contributed by atoms with van der Waals surface area (Å²) in [5.74, 6) is 1.25. The van der Waals surface area contributed by atoms with E-state index in [1.54, 1.807) is 0 Å². The van der Waals surface area contributed by atoms with E-state index in [9.17, 15) is 5.11 Å². The van der Waals surface area contributed by atoms with Crippen molar-refractivity contribution in [3.63, 3.8) is 0 Å². The molecule has 2 nitrogen and oxygen atoms in total. The zero-order valence-electron chi connectivity index (χ0n) is 11.1. The van der Waals surface area contributed by atoms with Crippen LogP contribution in [0.3, 0.4) is 0 Å². The Balaban J connectivity index is 4.44. The fourth-order valence-electron chi connectivity index (χ4n) is 2.37. The molecule has 0 aromatic carbocycles. The molecule has 0 saturated carbocycles. The Morgan fingerprint density at radius 2 is 1.53 bits per heavy atom. The Labute approximate surface area is 95.5 Å². The summed E-state index contributed by atoms with van der Waals surface area (Å²) in [6.45, 7) is 12.3. The summed E-state index contributed by atoms with van der Waals surface area (Å²) in [5.41, 5.74) is -0.0572. The Morgan fingerprint density at radius 1 is 1.07 bits per heavy atom. The van der Waals surface area contributed by atoms with E-state index in [0.29, 0.717) is 11.8 Å². The van der Waals surface area contributed by atoms with Gasteiger partial charge in [0.05, 0.1) is 6.61 Å². The standard InChI is InChI=1S/C13H29NO/c1-6-7-14-13(10-15,8-11(2)3)9-12(4)5/h11-12,14-15H,6-10H2,1-5H3. The average molecular weight is 215 g/mol. The highest BCUT2D eigenvalue weighted by molar-refractivity contribution is 4.89. The molecule has 0 spiro atoms. The van der Waals surface area contributed by atoms with Crippen molar-refractivity contribution in [2.75, 3.05) is 13.2 Å². The molecule has 2 N–H and O–H groups in total. The SMILES string of the molecule is CCCNC(CO)(CC(C)C)CC(C)C. The van der Waals surface area contributed by atoms with Gasteiger partial charge in [0.25, 0.3) is 0 Å². The molecule has 0 bridgehead atoms. The van der Waals surface area contributed by atoms with E-state index < -0.39 is 0 Å². The van der Waals surface area contributed by atoms with Crippen molar-refractivity contribution in [3.05, 3.63) is 0 Å². The van der Waals surface area contributed by atoms with Gasteiger partial charge >= 0.3 is 0 Å². The van der Waals surface area contributed by atoms with Crippen LogP contribution in [0.5, 0.6) is 0 Å². The van der Waals surface area contributed by atoms with E-state index in [1.807, 2.05) is 0 Å². The van der Waals surface area contributed by atoms with Crippen molar-refractivity contribution >= 4 is 0 Å². The van der Waals surface area contributed by atoms with Crippen LogP contribution < -0.4 is 5.32 Å². The first kappa shape index (κ1) is 14.9. The number of nitrogens with one attached hydrogen (secondary N) is 1. The summed E-state index contributed by atoms with van der Waals surface area (Å²) in [5, 5.41) is 13.2. The van der Waals surface area contributed by atoms with Gasteiger partial charge in [0.2, 0.25) is 0 Å². The van der Waals surface area contributed by atoms with Gasteiger partial charge in [-0.2, -0.15) is 0 Å². The van der Waals surface area contributed by atoms with Crippen LogP contribution in [0.1, 0.15) is 53.9 Å². The van der Waals surface area contributed by atoms with E-state index in [1.165, 1.54) is 0 Å². The number of hydrogen-bond donors (Lipinski definition) is 2. The van der Waals surface area contributed by atoms with Gasteiger partial charge in [0.15, 0.2) is 0 Å². The molecule has 0 radical (unpaired) electrons. The normalized spacial score (nSPS) is 12.8.